The summed E-state index contributed by atoms with van der Waals surface area (Å²) in [6.07, 6.45) is 1.56. The molecule has 0 aromatic heterocycles. The second kappa shape index (κ2) is 8.91. The molecule has 2 rings (SSSR count). The van der Waals surface area contributed by atoms with Crippen LogP contribution in [0.1, 0.15) is 25.8 Å². The van der Waals surface area contributed by atoms with Crippen LogP contribution >= 0.6 is 0 Å². The van der Waals surface area contributed by atoms with E-state index in [1.165, 1.54) is 5.56 Å². The molecular weight excluding hydrogens is 276 g/mol. The predicted molar refractivity (Wildman–Crippen MR) is 88.8 cm³/mol. The zero-order chi connectivity index (χ0) is 15.8. The van der Waals surface area contributed by atoms with E-state index in [1.807, 2.05) is 6.07 Å². The van der Waals surface area contributed by atoms with Crippen molar-refractivity contribution < 1.29 is 9.53 Å². The molecular formula is C18H28N2O2. The Morgan fingerprint density at radius 2 is 1.91 bits per heavy atom. The number of carbonyl (C=O) groups excluding carboxylic acids is 1. The zero-order valence-corrected chi connectivity index (χ0v) is 13.8. The molecule has 1 heterocycles. The molecule has 1 aromatic carbocycles. The van der Waals surface area contributed by atoms with E-state index in [4.69, 9.17) is 4.74 Å². The molecule has 1 aromatic rings. The van der Waals surface area contributed by atoms with Gasteiger partial charge in [-0.3, -0.25) is 9.69 Å². The van der Waals surface area contributed by atoms with Crippen molar-refractivity contribution in [2.75, 3.05) is 32.8 Å². The average Bonchev–Trinajstić information content (AvgIpc) is 2.52. The quantitative estimate of drug-likeness (QED) is 0.839. The summed E-state index contributed by atoms with van der Waals surface area (Å²) in [7, 11) is 0. The molecule has 1 N–H and O–H groups in total. The number of nitrogens with one attached hydrogen (secondary N) is 1. The van der Waals surface area contributed by atoms with Gasteiger partial charge in [-0.1, -0.05) is 44.2 Å². The van der Waals surface area contributed by atoms with Crippen LogP contribution in [-0.2, 0) is 16.0 Å². The predicted octanol–water partition coefficient (Wildman–Crippen LogP) is 2.09. The van der Waals surface area contributed by atoms with Gasteiger partial charge in [-0.05, 0) is 17.9 Å². The van der Waals surface area contributed by atoms with E-state index in [2.05, 4.69) is 48.3 Å². The molecule has 0 radical (unpaired) electrons. The van der Waals surface area contributed by atoms with Gasteiger partial charge in [-0.25, -0.2) is 0 Å². The summed E-state index contributed by atoms with van der Waals surface area (Å²) in [6.45, 7) is 8.30. The van der Waals surface area contributed by atoms with E-state index in [1.54, 1.807) is 0 Å². The van der Waals surface area contributed by atoms with Crippen LogP contribution in [-0.4, -0.2) is 49.7 Å². The summed E-state index contributed by atoms with van der Waals surface area (Å²) in [6, 6.07) is 10.8. The van der Waals surface area contributed by atoms with Gasteiger partial charge in [0.15, 0.2) is 0 Å². The highest BCUT2D eigenvalue weighted by Crippen LogP contribution is 2.11. The van der Waals surface area contributed by atoms with Gasteiger partial charge in [-0.2, -0.15) is 0 Å². The van der Waals surface area contributed by atoms with Gasteiger partial charge in [0, 0.05) is 32.1 Å². The maximum Gasteiger partial charge on any atom is 0.220 e. The smallest absolute Gasteiger partial charge is 0.220 e. The Morgan fingerprint density at radius 1 is 1.23 bits per heavy atom. The fourth-order valence-electron chi connectivity index (χ4n) is 2.83. The van der Waals surface area contributed by atoms with E-state index in [0.29, 0.717) is 24.9 Å². The summed E-state index contributed by atoms with van der Waals surface area (Å²) < 4.78 is 5.45. The van der Waals surface area contributed by atoms with Gasteiger partial charge in [-0.15, -0.1) is 0 Å². The molecule has 0 spiro atoms. The lowest BCUT2D eigenvalue weighted by Crippen LogP contribution is -2.49. The number of hydrogen-bond donors (Lipinski definition) is 1. The SMILES string of the molecule is CC(C)CC(=O)NCC(Cc1ccccc1)N1CCOCC1. The highest BCUT2D eigenvalue weighted by atomic mass is 16.5. The summed E-state index contributed by atoms with van der Waals surface area (Å²) in [5.41, 5.74) is 1.32. The molecule has 1 aliphatic rings. The number of carbonyl (C=O) groups is 1. The first-order valence-corrected chi connectivity index (χ1v) is 8.27. The normalized spacial score (nSPS) is 17.4. The van der Waals surface area contributed by atoms with Crippen LogP contribution in [0.4, 0.5) is 0 Å². The Kier molecular flexibility index (Phi) is 6.87. The van der Waals surface area contributed by atoms with Crippen molar-refractivity contribution in [3.05, 3.63) is 35.9 Å². The Morgan fingerprint density at radius 3 is 2.55 bits per heavy atom. The molecule has 0 aliphatic carbocycles. The first-order valence-electron chi connectivity index (χ1n) is 8.27. The topological polar surface area (TPSA) is 41.6 Å². The monoisotopic (exact) mass is 304 g/mol. The number of amides is 1. The molecule has 4 heteroatoms. The van der Waals surface area contributed by atoms with Gasteiger partial charge in [0.05, 0.1) is 13.2 Å². The van der Waals surface area contributed by atoms with Gasteiger partial charge in [0.1, 0.15) is 0 Å². The van der Waals surface area contributed by atoms with E-state index in [9.17, 15) is 4.79 Å². The largest absolute Gasteiger partial charge is 0.379 e. The van der Waals surface area contributed by atoms with Crippen molar-refractivity contribution in [2.24, 2.45) is 5.92 Å². The molecule has 1 atom stereocenters. The van der Waals surface area contributed by atoms with Crippen molar-refractivity contribution >= 4 is 5.91 Å². The molecule has 1 amide bonds. The summed E-state index contributed by atoms with van der Waals surface area (Å²) >= 11 is 0. The highest BCUT2D eigenvalue weighted by molar-refractivity contribution is 5.76. The van der Waals surface area contributed by atoms with Crippen LogP contribution in [0.15, 0.2) is 30.3 Å². The van der Waals surface area contributed by atoms with Crippen molar-refractivity contribution in [1.82, 2.24) is 10.2 Å². The summed E-state index contributed by atoms with van der Waals surface area (Å²) in [4.78, 5) is 14.4. The average molecular weight is 304 g/mol. The Labute approximate surface area is 133 Å². The van der Waals surface area contributed by atoms with E-state index in [-0.39, 0.29) is 5.91 Å². The second-order valence-corrected chi connectivity index (χ2v) is 6.39. The number of rotatable bonds is 7. The number of nitrogens with zero attached hydrogens (tertiary/aromatic N) is 1. The first-order chi connectivity index (χ1) is 10.6. The number of ether oxygens (including phenoxy) is 1. The first kappa shape index (κ1) is 17.0. The molecule has 1 aliphatic heterocycles. The second-order valence-electron chi connectivity index (χ2n) is 6.39. The third kappa shape index (κ3) is 5.78. The zero-order valence-electron chi connectivity index (χ0n) is 13.8. The summed E-state index contributed by atoms with van der Waals surface area (Å²) in [5.74, 6) is 0.553. The summed E-state index contributed by atoms with van der Waals surface area (Å²) in [5, 5.41) is 3.11. The van der Waals surface area contributed by atoms with E-state index >= 15 is 0 Å². The lowest BCUT2D eigenvalue weighted by Gasteiger charge is -2.34. The van der Waals surface area contributed by atoms with Crippen molar-refractivity contribution in [1.29, 1.82) is 0 Å². The van der Waals surface area contributed by atoms with Crippen LogP contribution in [0.5, 0.6) is 0 Å². The van der Waals surface area contributed by atoms with Crippen molar-refractivity contribution in [3.63, 3.8) is 0 Å². The molecule has 122 valence electrons. The van der Waals surface area contributed by atoms with Crippen molar-refractivity contribution in [3.8, 4) is 0 Å². The Bertz CT molecular complexity index is 442. The van der Waals surface area contributed by atoms with Crippen molar-refractivity contribution in [2.45, 2.75) is 32.7 Å². The standard InChI is InChI=1S/C18H28N2O2/c1-15(2)12-18(21)19-14-17(20-8-10-22-11-9-20)13-16-6-4-3-5-7-16/h3-7,15,17H,8-14H2,1-2H3,(H,19,21). The fraction of sp³-hybridized carbons (Fsp3) is 0.611. The minimum atomic E-state index is 0.154. The van der Waals surface area contributed by atoms with E-state index in [0.717, 1.165) is 32.7 Å². The number of morpholine rings is 1. The molecule has 0 bridgehead atoms. The fourth-order valence-corrected chi connectivity index (χ4v) is 2.83. The lowest BCUT2D eigenvalue weighted by molar-refractivity contribution is -0.122. The number of hydrogen-bond acceptors (Lipinski definition) is 3. The number of benzene rings is 1. The van der Waals surface area contributed by atoms with Gasteiger partial charge < -0.3 is 10.1 Å². The van der Waals surface area contributed by atoms with Crippen LogP contribution in [0.3, 0.4) is 0 Å². The molecule has 22 heavy (non-hydrogen) atoms. The molecule has 0 saturated carbocycles. The highest BCUT2D eigenvalue weighted by Gasteiger charge is 2.22. The molecule has 1 fully saturated rings. The van der Waals surface area contributed by atoms with Crippen LogP contribution in [0, 0.1) is 5.92 Å². The van der Waals surface area contributed by atoms with Gasteiger partial charge in [0.25, 0.3) is 0 Å². The lowest BCUT2D eigenvalue weighted by atomic mass is 10.0. The Hall–Kier alpha value is -1.39. The third-order valence-corrected chi connectivity index (χ3v) is 4.00. The van der Waals surface area contributed by atoms with Crippen LogP contribution in [0.2, 0.25) is 0 Å². The maximum atomic E-state index is 11.9. The van der Waals surface area contributed by atoms with E-state index < -0.39 is 0 Å². The maximum absolute atomic E-state index is 11.9. The minimum absolute atomic E-state index is 0.154. The molecule has 1 saturated heterocycles. The van der Waals surface area contributed by atoms with Crippen LogP contribution in [0.25, 0.3) is 0 Å². The molecule has 4 nitrogen and oxygen atoms in total. The molecule has 1 unspecified atom stereocenters. The van der Waals surface area contributed by atoms with Gasteiger partial charge >= 0.3 is 0 Å². The Balaban J connectivity index is 1.93. The minimum Gasteiger partial charge on any atom is -0.379 e. The van der Waals surface area contributed by atoms with Crippen LogP contribution < -0.4 is 5.32 Å². The van der Waals surface area contributed by atoms with Gasteiger partial charge in [0.2, 0.25) is 5.91 Å². The third-order valence-electron chi connectivity index (χ3n) is 4.00.